The van der Waals surface area contributed by atoms with E-state index in [2.05, 4.69) is 9.97 Å². The van der Waals surface area contributed by atoms with Gasteiger partial charge in [0, 0.05) is 13.0 Å². The summed E-state index contributed by atoms with van der Waals surface area (Å²) in [5, 5.41) is 8.60. The topological polar surface area (TPSA) is 118 Å². The molecule has 17 heavy (non-hydrogen) atoms. The molecule has 0 fully saturated rings. The Hall–Kier alpha value is -1.89. The van der Waals surface area contributed by atoms with Crippen molar-refractivity contribution in [3.05, 3.63) is 21.7 Å². The van der Waals surface area contributed by atoms with E-state index in [1.807, 2.05) is 6.92 Å². The minimum atomic E-state index is -1.12. The number of nitrogens with one attached hydrogen (secondary N) is 1. The first kappa shape index (κ1) is 13.2. The molecule has 1 heterocycles. The second-order valence-electron chi connectivity index (χ2n) is 3.39. The predicted molar refractivity (Wildman–Crippen MR) is 60.8 cm³/mol. The molecule has 7 heteroatoms. The van der Waals surface area contributed by atoms with Crippen LogP contribution in [0.2, 0.25) is 0 Å². The van der Waals surface area contributed by atoms with E-state index < -0.39 is 17.9 Å². The molecule has 0 saturated heterocycles. The molecule has 0 aliphatic carbocycles. The van der Waals surface area contributed by atoms with Crippen LogP contribution in [0.15, 0.2) is 4.79 Å². The molecule has 0 saturated carbocycles. The Morgan fingerprint density at radius 1 is 1.59 bits per heavy atom. The number of carboxylic acids is 1. The Morgan fingerprint density at radius 2 is 2.29 bits per heavy atom. The van der Waals surface area contributed by atoms with Crippen LogP contribution in [0.4, 0.5) is 5.82 Å². The summed E-state index contributed by atoms with van der Waals surface area (Å²) in [4.78, 5) is 28.5. The Balaban J connectivity index is 2.85. The van der Waals surface area contributed by atoms with Crippen molar-refractivity contribution in [2.24, 2.45) is 0 Å². The molecule has 0 unspecified atom stereocenters. The fourth-order valence-corrected chi connectivity index (χ4v) is 1.32. The number of carboxylic acid groups (broad SMARTS) is 1. The number of nitrogen functional groups attached to an aromatic ring is 1. The lowest BCUT2D eigenvalue weighted by Gasteiger charge is -2.05. The monoisotopic (exact) mass is 241 g/mol. The van der Waals surface area contributed by atoms with Crippen LogP contribution in [0.3, 0.4) is 0 Å². The van der Waals surface area contributed by atoms with E-state index in [1.165, 1.54) is 0 Å². The zero-order chi connectivity index (χ0) is 12.8. The van der Waals surface area contributed by atoms with E-state index in [0.29, 0.717) is 25.5 Å². The van der Waals surface area contributed by atoms with Crippen molar-refractivity contribution >= 4 is 11.8 Å². The standard InChI is InChI=1S/C10H15N3O4/c1-2-17-4-3-7-12-9(11)6(5-8(14)15)10(16)13-7/h2-5H2,1H3,(H,14,15)(H3,11,12,13,16). The Bertz CT molecular complexity index is 455. The Kier molecular flexibility index (Phi) is 4.65. The van der Waals surface area contributed by atoms with E-state index in [-0.39, 0.29) is 11.4 Å². The molecular formula is C10H15N3O4. The fourth-order valence-electron chi connectivity index (χ4n) is 1.32. The van der Waals surface area contributed by atoms with Gasteiger partial charge in [0.25, 0.3) is 5.56 Å². The van der Waals surface area contributed by atoms with Crippen LogP contribution in [0, 0.1) is 0 Å². The molecule has 0 radical (unpaired) electrons. The number of nitrogens with two attached hydrogens (primary N) is 1. The minimum absolute atomic E-state index is 0.0161. The van der Waals surface area contributed by atoms with Gasteiger partial charge in [0.1, 0.15) is 11.6 Å². The molecule has 1 aromatic rings. The SMILES string of the molecule is CCOCCc1nc(N)c(CC(=O)O)c(=O)[nH]1. The van der Waals surface area contributed by atoms with Gasteiger partial charge in [-0.3, -0.25) is 9.59 Å². The lowest BCUT2D eigenvalue weighted by molar-refractivity contribution is -0.136. The summed E-state index contributed by atoms with van der Waals surface area (Å²) < 4.78 is 5.11. The van der Waals surface area contributed by atoms with Crippen LogP contribution < -0.4 is 11.3 Å². The summed E-state index contributed by atoms with van der Waals surface area (Å²) in [6.07, 6.45) is 0.000534. The summed E-state index contributed by atoms with van der Waals surface area (Å²) in [5.74, 6) is -0.760. The van der Waals surface area contributed by atoms with E-state index >= 15 is 0 Å². The van der Waals surface area contributed by atoms with Gasteiger partial charge < -0.3 is 20.6 Å². The van der Waals surface area contributed by atoms with Gasteiger partial charge in [0.2, 0.25) is 0 Å². The maximum absolute atomic E-state index is 11.5. The van der Waals surface area contributed by atoms with Crippen LogP contribution in [-0.2, 0) is 22.4 Å². The van der Waals surface area contributed by atoms with Crippen molar-refractivity contribution in [1.82, 2.24) is 9.97 Å². The first-order valence-electron chi connectivity index (χ1n) is 5.21. The number of hydrogen-bond acceptors (Lipinski definition) is 5. The number of nitrogens with zero attached hydrogens (tertiary/aromatic N) is 1. The lowest BCUT2D eigenvalue weighted by atomic mass is 10.2. The largest absolute Gasteiger partial charge is 0.481 e. The highest BCUT2D eigenvalue weighted by Crippen LogP contribution is 2.04. The maximum atomic E-state index is 11.5. The Labute approximate surface area is 97.6 Å². The van der Waals surface area contributed by atoms with Gasteiger partial charge in [-0.25, -0.2) is 4.98 Å². The maximum Gasteiger partial charge on any atom is 0.308 e. The third kappa shape index (κ3) is 3.87. The van der Waals surface area contributed by atoms with Gasteiger partial charge in [0.15, 0.2) is 0 Å². The molecule has 1 aromatic heterocycles. The highest BCUT2D eigenvalue weighted by atomic mass is 16.5. The van der Waals surface area contributed by atoms with Gasteiger partial charge in [-0.1, -0.05) is 0 Å². The zero-order valence-corrected chi connectivity index (χ0v) is 9.52. The third-order valence-corrected chi connectivity index (χ3v) is 2.11. The first-order valence-corrected chi connectivity index (χ1v) is 5.21. The number of aromatic nitrogens is 2. The molecule has 0 aliphatic heterocycles. The summed E-state index contributed by atoms with van der Waals surface area (Å²) in [5.41, 5.74) is 5.02. The molecule has 0 bridgehead atoms. The number of rotatable bonds is 6. The van der Waals surface area contributed by atoms with Gasteiger partial charge in [-0.15, -0.1) is 0 Å². The molecule has 94 valence electrons. The average Bonchev–Trinajstić information content (AvgIpc) is 2.24. The minimum Gasteiger partial charge on any atom is -0.481 e. The first-order chi connectivity index (χ1) is 8.04. The molecule has 0 aliphatic rings. The summed E-state index contributed by atoms with van der Waals surface area (Å²) in [7, 11) is 0. The zero-order valence-electron chi connectivity index (χ0n) is 9.52. The number of aliphatic carboxylic acids is 1. The van der Waals surface area contributed by atoms with Crippen LogP contribution in [0.25, 0.3) is 0 Å². The summed E-state index contributed by atoms with van der Waals surface area (Å²) in [6.45, 7) is 2.87. The van der Waals surface area contributed by atoms with E-state index in [4.69, 9.17) is 15.6 Å². The van der Waals surface area contributed by atoms with Gasteiger partial charge in [-0.2, -0.15) is 0 Å². The van der Waals surface area contributed by atoms with E-state index in [0.717, 1.165) is 0 Å². The summed E-state index contributed by atoms with van der Waals surface area (Å²) in [6, 6.07) is 0. The molecule has 7 nitrogen and oxygen atoms in total. The van der Waals surface area contributed by atoms with Crippen molar-refractivity contribution in [3.63, 3.8) is 0 Å². The number of aromatic amines is 1. The van der Waals surface area contributed by atoms with Gasteiger partial charge in [-0.05, 0) is 6.92 Å². The van der Waals surface area contributed by atoms with Crippen LogP contribution >= 0.6 is 0 Å². The second kappa shape index (κ2) is 6.00. The molecule has 1 rings (SSSR count). The van der Waals surface area contributed by atoms with Crippen molar-refractivity contribution in [2.75, 3.05) is 18.9 Å². The van der Waals surface area contributed by atoms with Crippen molar-refractivity contribution < 1.29 is 14.6 Å². The van der Waals surface area contributed by atoms with Gasteiger partial charge >= 0.3 is 5.97 Å². The fraction of sp³-hybridized carbons (Fsp3) is 0.500. The molecule has 0 aromatic carbocycles. The average molecular weight is 241 g/mol. The summed E-state index contributed by atoms with van der Waals surface area (Å²) >= 11 is 0. The number of anilines is 1. The van der Waals surface area contributed by atoms with Crippen LogP contribution in [-0.4, -0.2) is 34.3 Å². The van der Waals surface area contributed by atoms with Gasteiger partial charge in [0.05, 0.1) is 18.6 Å². The number of ether oxygens (including phenoxy) is 1. The van der Waals surface area contributed by atoms with Crippen molar-refractivity contribution in [1.29, 1.82) is 0 Å². The number of H-pyrrole nitrogens is 1. The molecule has 0 atom stereocenters. The van der Waals surface area contributed by atoms with E-state index in [9.17, 15) is 9.59 Å². The smallest absolute Gasteiger partial charge is 0.308 e. The van der Waals surface area contributed by atoms with Crippen LogP contribution in [0.5, 0.6) is 0 Å². The molecule has 4 N–H and O–H groups in total. The second-order valence-corrected chi connectivity index (χ2v) is 3.39. The predicted octanol–water partition coefficient (Wildman–Crippen LogP) is -0.442. The molecule has 0 spiro atoms. The highest BCUT2D eigenvalue weighted by Gasteiger charge is 2.12. The van der Waals surface area contributed by atoms with Crippen molar-refractivity contribution in [3.8, 4) is 0 Å². The van der Waals surface area contributed by atoms with Crippen molar-refractivity contribution in [2.45, 2.75) is 19.8 Å². The van der Waals surface area contributed by atoms with Crippen LogP contribution in [0.1, 0.15) is 18.3 Å². The molecular weight excluding hydrogens is 226 g/mol. The normalized spacial score (nSPS) is 10.4. The number of carbonyl (C=O) groups is 1. The lowest BCUT2D eigenvalue weighted by Crippen LogP contribution is -2.22. The number of hydrogen-bond donors (Lipinski definition) is 3. The highest BCUT2D eigenvalue weighted by molar-refractivity contribution is 5.71. The Morgan fingerprint density at radius 3 is 2.82 bits per heavy atom. The third-order valence-electron chi connectivity index (χ3n) is 2.11. The molecule has 0 amide bonds. The van der Waals surface area contributed by atoms with E-state index in [1.54, 1.807) is 0 Å². The quantitative estimate of drug-likeness (QED) is 0.581.